The Hall–Kier alpha value is -1.19. The number of hydroxylamine groups is 1. The lowest BCUT2D eigenvalue weighted by molar-refractivity contribution is -0.149. The van der Waals surface area contributed by atoms with Gasteiger partial charge in [0.1, 0.15) is 0 Å². The molecule has 1 atom stereocenters. The summed E-state index contributed by atoms with van der Waals surface area (Å²) in [5.41, 5.74) is 1.83. The van der Waals surface area contributed by atoms with Gasteiger partial charge in [0, 0.05) is 0 Å². The number of carbonyl (C=O) groups excluding carboxylic acids is 1. The number of amides is 1. The highest BCUT2D eigenvalue weighted by molar-refractivity contribution is 7.89. The number of carboxylic acids is 1. The van der Waals surface area contributed by atoms with E-state index in [0.717, 1.165) is 0 Å². The van der Waals surface area contributed by atoms with Gasteiger partial charge < -0.3 is 5.11 Å². The molecule has 1 amide bonds. The van der Waals surface area contributed by atoms with Crippen LogP contribution in [0.25, 0.3) is 0 Å². The van der Waals surface area contributed by atoms with Crippen LogP contribution < -0.4 is 10.2 Å². The van der Waals surface area contributed by atoms with Crippen molar-refractivity contribution < 1.29 is 28.0 Å². The first-order chi connectivity index (χ1) is 7.78. The Morgan fingerprint density at radius 2 is 2.00 bits per heavy atom. The molecule has 3 N–H and O–H groups in total. The van der Waals surface area contributed by atoms with Crippen molar-refractivity contribution >= 4 is 21.9 Å². The number of carboxylic acid groups (broad SMARTS) is 1. The standard InChI is InChI=1S/C8H16N2O6S/c1-3-4-17(14,15)10-6(2)8(13)9-16-5-7(11)12/h6,10H,3-5H2,1-2H3,(H,9,13)(H,11,12). The molecular weight excluding hydrogens is 252 g/mol. The molecule has 0 saturated carbocycles. The van der Waals surface area contributed by atoms with Crippen LogP contribution in [0.2, 0.25) is 0 Å². The molecular formula is C8H16N2O6S. The molecule has 0 aromatic rings. The molecule has 0 rings (SSSR count). The summed E-state index contributed by atoms with van der Waals surface area (Å²) < 4.78 is 24.7. The summed E-state index contributed by atoms with van der Waals surface area (Å²) in [5, 5.41) is 8.23. The van der Waals surface area contributed by atoms with Crippen molar-refractivity contribution in [2.75, 3.05) is 12.4 Å². The summed E-state index contributed by atoms with van der Waals surface area (Å²) in [6.07, 6.45) is 0.430. The van der Waals surface area contributed by atoms with Gasteiger partial charge in [-0.3, -0.25) is 9.63 Å². The van der Waals surface area contributed by atoms with E-state index in [1.807, 2.05) is 5.48 Å². The smallest absolute Gasteiger partial charge is 0.332 e. The fourth-order valence-corrected chi connectivity index (χ4v) is 2.21. The summed E-state index contributed by atoms with van der Waals surface area (Å²) >= 11 is 0. The van der Waals surface area contributed by atoms with Gasteiger partial charge in [-0.2, -0.15) is 0 Å². The zero-order valence-corrected chi connectivity index (χ0v) is 10.4. The average Bonchev–Trinajstić information content (AvgIpc) is 2.15. The molecule has 0 aliphatic carbocycles. The third kappa shape index (κ3) is 7.66. The molecule has 8 nitrogen and oxygen atoms in total. The van der Waals surface area contributed by atoms with Crippen LogP contribution in [0.1, 0.15) is 20.3 Å². The van der Waals surface area contributed by atoms with Gasteiger partial charge in [-0.05, 0) is 13.3 Å². The van der Waals surface area contributed by atoms with Crippen molar-refractivity contribution in [2.24, 2.45) is 0 Å². The molecule has 0 spiro atoms. The molecule has 0 aromatic heterocycles. The zero-order valence-electron chi connectivity index (χ0n) is 9.60. The van der Waals surface area contributed by atoms with E-state index >= 15 is 0 Å². The average molecular weight is 268 g/mol. The summed E-state index contributed by atoms with van der Waals surface area (Å²) in [4.78, 5) is 25.6. The molecule has 0 bridgehead atoms. The van der Waals surface area contributed by atoms with E-state index in [2.05, 4.69) is 9.56 Å². The van der Waals surface area contributed by atoms with E-state index in [4.69, 9.17) is 5.11 Å². The van der Waals surface area contributed by atoms with Crippen molar-refractivity contribution in [3.63, 3.8) is 0 Å². The third-order valence-corrected chi connectivity index (χ3v) is 3.25. The molecule has 100 valence electrons. The molecule has 0 heterocycles. The first-order valence-corrected chi connectivity index (χ1v) is 6.57. The molecule has 0 aliphatic heterocycles. The number of hydrogen-bond acceptors (Lipinski definition) is 5. The van der Waals surface area contributed by atoms with Crippen molar-refractivity contribution in [1.82, 2.24) is 10.2 Å². The second kappa shape index (κ2) is 7.20. The Morgan fingerprint density at radius 3 is 2.47 bits per heavy atom. The van der Waals surface area contributed by atoms with Gasteiger partial charge >= 0.3 is 5.97 Å². The van der Waals surface area contributed by atoms with Crippen molar-refractivity contribution in [2.45, 2.75) is 26.3 Å². The van der Waals surface area contributed by atoms with Crippen molar-refractivity contribution in [1.29, 1.82) is 0 Å². The highest BCUT2D eigenvalue weighted by Gasteiger charge is 2.19. The van der Waals surface area contributed by atoms with E-state index in [9.17, 15) is 18.0 Å². The number of carbonyl (C=O) groups is 2. The minimum atomic E-state index is -3.50. The van der Waals surface area contributed by atoms with Gasteiger partial charge in [0.2, 0.25) is 10.0 Å². The lowest BCUT2D eigenvalue weighted by Crippen LogP contribution is -2.45. The number of rotatable bonds is 8. The van der Waals surface area contributed by atoms with E-state index in [1.54, 1.807) is 6.92 Å². The van der Waals surface area contributed by atoms with Crippen LogP contribution in [0, 0.1) is 0 Å². The molecule has 1 unspecified atom stereocenters. The molecule has 9 heteroatoms. The molecule has 0 fully saturated rings. The van der Waals surface area contributed by atoms with E-state index < -0.39 is 34.5 Å². The predicted molar refractivity (Wildman–Crippen MR) is 58.4 cm³/mol. The summed E-state index contributed by atoms with van der Waals surface area (Å²) in [6.45, 7) is 2.33. The monoisotopic (exact) mass is 268 g/mol. The van der Waals surface area contributed by atoms with Gasteiger partial charge in [0.05, 0.1) is 11.8 Å². The number of hydrogen-bond donors (Lipinski definition) is 3. The summed E-state index contributed by atoms with van der Waals surface area (Å²) in [5.74, 6) is -2.09. The molecule has 0 saturated heterocycles. The predicted octanol–water partition coefficient (Wildman–Crippen LogP) is -1.16. The zero-order chi connectivity index (χ0) is 13.5. The van der Waals surface area contributed by atoms with Crippen LogP contribution >= 0.6 is 0 Å². The van der Waals surface area contributed by atoms with Gasteiger partial charge in [-0.25, -0.2) is 23.4 Å². The number of sulfonamides is 1. The molecule has 0 aliphatic rings. The molecule has 0 aromatic carbocycles. The Balaban J connectivity index is 4.10. The minimum Gasteiger partial charge on any atom is -0.479 e. The van der Waals surface area contributed by atoms with Gasteiger partial charge in [-0.1, -0.05) is 6.92 Å². The van der Waals surface area contributed by atoms with Crippen LogP contribution in [0.4, 0.5) is 0 Å². The minimum absolute atomic E-state index is 0.0827. The highest BCUT2D eigenvalue weighted by atomic mass is 32.2. The second-order valence-corrected chi connectivity index (χ2v) is 5.18. The topological polar surface area (TPSA) is 122 Å². The van der Waals surface area contributed by atoms with Gasteiger partial charge in [0.15, 0.2) is 6.61 Å². The molecule has 0 radical (unpaired) electrons. The van der Waals surface area contributed by atoms with Crippen molar-refractivity contribution in [3.05, 3.63) is 0 Å². The van der Waals surface area contributed by atoms with E-state index in [0.29, 0.717) is 6.42 Å². The number of nitrogens with one attached hydrogen (secondary N) is 2. The summed E-state index contributed by atoms with van der Waals surface area (Å²) in [7, 11) is -3.50. The van der Waals surface area contributed by atoms with Crippen molar-refractivity contribution in [3.8, 4) is 0 Å². The maximum atomic E-state index is 11.3. The Kier molecular flexibility index (Phi) is 6.69. The quantitative estimate of drug-likeness (QED) is 0.477. The van der Waals surface area contributed by atoms with Crippen LogP contribution in [-0.4, -0.2) is 43.8 Å². The van der Waals surface area contributed by atoms with Crippen LogP contribution in [-0.2, 0) is 24.4 Å². The SMILES string of the molecule is CCCS(=O)(=O)NC(C)C(=O)NOCC(=O)O. The Bertz CT molecular complexity index is 366. The first-order valence-electron chi connectivity index (χ1n) is 4.92. The fraction of sp³-hybridized carbons (Fsp3) is 0.750. The van der Waals surface area contributed by atoms with Crippen LogP contribution in [0.15, 0.2) is 0 Å². The Labute approximate surface area is 99.3 Å². The Morgan fingerprint density at radius 1 is 1.41 bits per heavy atom. The number of aliphatic carboxylic acids is 1. The third-order valence-electron chi connectivity index (χ3n) is 1.59. The van der Waals surface area contributed by atoms with Crippen LogP contribution in [0.3, 0.4) is 0 Å². The second-order valence-electron chi connectivity index (χ2n) is 3.31. The largest absolute Gasteiger partial charge is 0.479 e. The maximum absolute atomic E-state index is 11.3. The van der Waals surface area contributed by atoms with E-state index in [-0.39, 0.29) is 5.75 Å². The maximum Gasteiger partial charge on any atom is 0.332 e. The van der Waals surface area contributed by atoms with Gasteiger partial charge in [-0.15, -0.1) is 0 Å². The molecule has 17 heavy (non-hydrogen) atoms. The van der Waals surface area contributed by atoms with Crippen LogP contribution in [0.5, 0.6) is 0 Å². The lowest BCUT2D eigenvalue weighted by Gasteiger charge is -2.13. The summed E-state index contributed by atoms with van der Waals surface area (Å²) in [6, 6.07) is -1.03. The normalized spacial score (nSPS) is 13.1. The highest BCUT2D eigenvalue weighted by Crippen LogP contribution is 1.92. The fourth-order valence-electron chi connectivity index (χ4n) is 0.908. The van der Waals surface area contributed by atoms with Gasteiger partial charge in [0.25, 0.3) is 5.91 Å². The lowest BCUT2D eigenvalue weighted by atomic mass is 10.4. The van der Waals surface area contributed by atoms with E-state index in [1.165, 1.54) is 6.92 Å². The first kappa shape index (κ1) is 15.8.